The fourth-order valence-electron chi connectivity index (χ4n) is 5.17. The van der Waals surface area contributed by atoms with E-state index >= 15 is 0 Å². The van der Waals surface area contributed by atoms with Crippen molar-refractivity contribution in [2.24, 2.45) is 0 Å². The van der Waals surface area contributed by atoms with Crippen LogP contribution in [0.5, 0.6) is 0 Å². The van der Waals surface area contributed by atoms with Gasteiger partial charge in [0.2, 0.25) is 0 Å². The van der Waals surface area contributed by atoms with E-state index in [1.807, 2.05) is 30.3 Å². The summed E-state index contributed by atoms with van der Waals surface area (Å²) in [6.07, 6.45) is 12.0. The summed E-state index contributed by atoms with van der Waals surface area (Å²) in [4.78, 5) is 31.3. The number of aliphatic hydroxyl groups is 1. The minimum absolute atomic E-state index is 0.118. The molecule has 6 rings (SSSR count). The van der Waals surface area contributed by atoms with Crippen molar-refractivity contribution in [2.75, 3.05) is 0 Å². The second-order valence-electron chi connectivity index (χ2n) is 9.17. The van der Waals surface area contributed by atoms with Gasteiger partial charge in [-0.05, 0) is 42.5 Å². The summed E-state index contributed by atoms with van der Waals surface area (Å²) in [5.74, 6) is 0. The number of fused-ring (bicyclic) bond motifs is 3. The second-order valence-corrected chi connectivity index (χ2v) is 9.17. The lowest BCUT2D eigenvalue weighted by molar-refractivity contribution is 0.0735. The molecule has 5 aromatic rings. The van der Waals surface area contributed by atoms with Gasteiger partial charge in [-0.25, -0.2) is 4.98 Å². The molecule has 0 unspecified atom stereocenters. The zero-order chi connectivity index (χ0) is 23.8. The van der Waals surface area contributed by atoms with E-state index in [4.69, 9.17) is 0 Å². The maximum absolute atomic E-state index is 13.6. The molecule has 3 heterocycles. The van der Waals surface area contributed by atoms with Crippen molar-refractivity contribution in [3.8, 4) is 11.3 Å². The minimum Gasteiger partial charge on any atom is -0.391 e. The lowest BCUT2D eigenvalue weighted by Crippen LogP contribution is -2.34. The molecule has 0 aliphatic heterocycles. The number of hydrogen-bond acceptors (Lipinski definition) is 6. The molecule has 0 radical (unpaired) electrons. The standard InChI is InChI=1S/C28H25N5O2/c34-25-6-2-1-5-24(25)33-17-32-27-22(28(33)35)15-20(21-4-3-11-31-26(21)27)14-18-7-9-19(10-8-18)23-16-29-12-13-30-23/h3-4,7-13,15-17,24-25,34H,1-2,5-6,14H2/t24-,25-/m0/s1. The van der Waals surface area contributed by atoms with Crippen LogP contribution in [0.3, 0.4) is 0 Å². The summed E-state index contributed by atoms with van der Waals surface area (Å²) in [5.41, 5.74) is 5.19. The summed E-state index contributed by atoms with van der Waals surface area (Å²) < 4.78 is 1.63. The number of benzene rings is 2. The molecule has 1 fully saturated rings. The van der Waals surface area contributed by atoms with Gasteiger partial charge >= 0.3 is 0 Å². The van der Waals surface area contributed by atoms with Gasteiger partial charge in [0.1, 0.15) is 5.52 Å². The number of rotatable bonds is 4. The number of nitrogens with zero attached hydrogens (tertiary/aromatic N) is 5. The third kappa shape index (κ3) is 3.98. The van der Waals surface area contributed by atoms with Crippen LogP contribution in [0.25, 0.3) is 33.1 Å². The molecular formula is C28H25N5O2. The van der Waals surface area contributed by atoms with Crippen molar-refractivity contribution in [1.82, 2.24) is 24.5 Å². The largest absolute Gasteiger partial charge is 0.391 e. The van der Waals surface area contributed by atoms with Crippen molar-refractivity contribution in [2.45, 2.75) is 44.2 Å². The summed E-state index contributed by atoms with van der Waals surface area (Å²) in [7, 11) is 0. The number of aliphatic hydroxyl groups excluding tert-OH is 1. The molecular weight excluding hydrogens is 438 g/mol. The van der Waals surface area contributed by atoms with E-state index in [0.717, 1.165) is 52.5 Å². The predicted octanol–water partition coefficient (Wildman–Crippen LogP) is 4.47. The molecule has 2 aromatic carbocycles. The number of aromatic nitrogens is 5. The molecule has 7 heteroatoms. The smallest absolute Gasteiger partial charge is 0.261 e. The van der Waals surface area contributed by atoms with Gasteiger partial charge in [0.15, 0.2) is 0 Å². The lowest BCUT2D eigenvalue weighted by atomic mass is 9.92. The van der Waals surface area contributed by atoms with Crippen LogP contribution in [-0.2, 0) is 6.42 Å². The highest BCUT2D eigenvalue weighted by molar-refractivity contribution is 6.04. The molecule has 0 amide bonds. The molecule has 1 aliphatic rings. The zero-order valence-electron chi connectivity index (χ0n) is 19.2. The molecule has 1 N–H and O–H groups in total. The molecule has 3 aromatic heterocycles. The van der Waals surface area contributed by atoms with Crippen LogP contribution < -0.4 is 5.56 Å². The first-order valence-electron chi connectivity index (χ1n) is 12.0. The average Bonchev–Trinajstić information content (AvgIpc) is 2.91. The third-order valence-electron chi connectivity index (χ3n) is 6.99. The SMILES string of the molecule is O=c1c2cc(Cc3ccc(-c4cnccn4)cc3)c3cccnc3c2ncn1[C@H]1CCCC[C@@H]1O. The van der Waals surface area contributed by atoms with Gasteiger partial charge in [-0.2, -0.15) is 0 Å². The van der Waals surface area contributed by atoms with E-state index in [2.05, 4.69) is 32.1 Å². The van der Waals surface area contributed by atoms with Gasteiger partial charge in [0.25, 0.3) is 5.56 Å². The molecule has 1 saturated carbocycles. The van der Waals surface area contributed by atoms with Crippen LogP contribution >= 0.6 is 0 Å². The Bertz CT molecular complexity index is 1560. The van der Waals surface area contributed by atoms with Crippen LogP contribution in [0.1, 0.15) is 42.9 Å². The van der Waals surface area contributed by atoms with E-state index in [9.17, 15) is 9.90 Å². The van der Waals surface area contributed by atoms with Crippen molar-refractivity contribution in [3.05, 3.63) is 95.1 Å². The Morgan fingerprint density at radius 2 is 1.74 bits per heavy atom. The Balaban J connectivity index is 1.44. The summed E-state index contributed by atoms with van der Waals surface area (Å²) in [5, 5.41) is 12.1. The molecule has 7 nitrogen and oxygen atoms in total. The van der Waals surface area contributed by atoms with Crippen molar-refractivity contribution in [3.63, 3.8) is 0 Å². The first kappa shape index (κ1) is 21.6. The van der Waals surface area contributed by atoms with E-state index in [1.54, 1.807) is 35.7 Å². The molecule has 174 valence electrons. The first-order chi connectivity index (χ1) is 17.2. The fourth-order valence-corrected chi connectivity index (χ4v) is 5.17. The van der Waals surface area contributed by atoms with Crippen LogP contribution in [0.2, 0.25) is 0 Å². The zero-order valence-corrected chi connectivity index (χ0v) is 19.2. The highest BCUT2D eigenvalue weighted by atomic mass is 16.3. The highest BCUT2D eigenvalue weighted by Gasteiger charge is 2.26. The van der Waals surface area contributed by atoms with E-state index < -0.39 is 6.10 Å². The van der Waals surface area contributed by atoms with Crippen LogP contribution in [0.4, 0.5) is 0 Å². The summed E-state index contributed by atoms with van der Waals surface area (Å²) >= 11 is 0. The second kappa shape index (κ2) is 9.00. The first-order valence-corrected chi connectivity index (χ1v) is 12.0. The lowest BCUT2D eigenvalue weighted by Gasteiger charge is -2.29. The van der Waals surface area contributed by atoms with Gasteiger partial charge < -0.3 is 5.11 Å². The Morgan fingerprint density at radius 3 is 2.54 bits per heavy atom. The van der Waals surface area contributed by atoms with E-state index in [1.165, 1.54) is 0 Å². The van der Waals surface area contributed by atoms with E-state index in [-0.39, 0.29) is 11.6 Å². The summed E-state index contributed by atoms with van der Waals surface area (Å²) in [6.45, 7) is 0. The minimum atomic E-state index is -0.522. The average molecular weight is 464 g/mol. The normalized spacial score (nSPS) is 18.2. The van der Waals surface area contributed by atoms with Gasteiger partial charge in [-0.3, -0.25) is 24.3 Å². The van der Waals surface area contributed by atoms with Crippen molar-refractivity contribution < 1.29 is 5.11 Å². The molecule has 1 aliphatic carbocycles. The Kier molecular flexibility index (Phi) is 5.54. The number of hydrogen-bond donors (Lipinski definition) is 1. The molecule has 2 atom stereocenters. The van der Waals surface area contributed by atoms with Crippen LogP contribution in [0, 0.1) is 0 Å². The maximum atomic E-state index is 13.6. The highest BCUT2D eigenvalue weighted by Crippen LogP contribution is 2.30. The quantitative estimate of drug-likeness (QED) is 0.395. The van der Waals surface area contributed by atoms with Crippen molar-refractivity contribution >= 4 is 21.8 Å². The third-order valence-corrected chi connectivity index (χ3v) is 6.99. The molecule has 0 spiro atoms. The van der Waals surface area contributed by atoms with Gasteiger partial charge in [-0.1, -0.05) is 43.2 Å². The Labute approximate surface area is 202 Å². The van der Waals surface area contributed by atoms with Gasteiger partial charge in [0, 0.05) is 29.5 Å². The van der Waals surface area contributed by atoms with Crippen LogP contribution in [-0.4, -0.2) is 35.7 Å². The topological polar surface area (TPSA) is 93.8 Å². The monoisotopic (exact) mass is 463 g/mol. The molecule has 35 heavy (non-hydrogen) atoms. The Morgan fingerprint density at radius 1 is 0.914 bits per heavy atom. The fraction of sp³-hybridized carbons (Fsp3) is 0.250. The molecule has 0 saturated heterocycles. The van der Waals surface area contributed by atoms with Gasteiger partial charge in [-0.15, -0.1) is 0 Å². The predicted molar refractivity (Wildman–Crippen MR) is 135 cm³/mol. The van der Waals surface area contributed by atoms with E-state index in [0.29, 0.717) is 23.7 Å². The van der Waals surface area contributed by atoms with Gasteiger partial charge in [0.05, 0.1) is 41.3 Å². The number of pyridine rings is 1. The Hall–Kier alpha value is -3.97. The van der Waals surface area contributed by atoms with Crippen LogP contribution in [0.15, 0.2) is 78.4 Å². The molecule has 0 bridgehead atoms. The maximum Gasteiger partial charge on any atom is 0.261 e. The van der Waals surface area contributed by atoms with Crippen molar-refractivity contribution in [1.29, 1.82) is 0 Å². The summed E-state index contributed by atoms with van der Waals surface area (Å²) in [6, 6.07) is 13.9.